The number of benzene rings is 2. The maximum absolute atomic E-state index is 13.9. The number of hydrogen-bond donors (Lipinski definition) is 2. The van der Waals surface area contributed by atoms with Gasteiger partial charge in [0.25, 0.3) is 0 Å². The Morgan fingerprint density at radius 2 is 1.90 bits per heavy atom. The van der Waals surface area contributed by atoms with Crippen molar-refractivity contribution in [3.8, 4) is 5.75 Å². The van der Waals surface area contributed by atoms with Crippen molar-refractivity contribution in [2.45, 2.75) is 32.9 Å². The highest BCUT2D eigenvalue weighted by atomic mass is 19.1. The predicted molar refractivity (Wildman–Crippen MR) is 118 cm³/mol. The molecule has 0 aliphatic heterocycles. The van der Waals surface area contributed by atoms with Crippen molar-refractivity contribution in [2.75, 3.05) is 11.9 Å². The van der Waals surface area contributed by atoms with Crippen molar-refractivity contribution < 1.29 is 9.13 Å². The second-order valence-electron chi connectivity index (χ2n) is 7.20. The van der Waals surface area contributed by atoms with Crippen LogP contribution in [0.3, 0.4) is 0 Å². The van der Waals surface area contributed by atoms with E-state index in [-0.39, 0.29) is 11.9 Å². The minimum atomic E-state index is -0.193. The number of anilines is 1. The van der Waals surface area contributed by atoms with Gasteiger partial charge in [-0.1, -0.05) is 18.2 Å². The zero-order chi connectivity index (χ0) is 21.3. The topological polar surface area (TPSA) is 63.5 Å². The maximum atomic E-state index is 13.9. The average molecular weight is 410 g/mol. The summed E-state index contributed by atoms with van der Waals surface area (Å²) in [5, 5.41) is 10.8. The van der Waals surface area contributed by atoms with Gasteiger partial charge < -0.3 is 15.4 Å². The fourth-order valence-corrected chi connectivity index (χ4v) is 2.90. The molecule has 0 unspecified atom stereocenters. The van der Waals surface area contributed by atoms with Gasteiger partial charge in [0.15, 0.2) is 5.96 Å². The first-order valence-corrected chi connectivity index (χ1v) is 10.0. The van der Waals surface area contributed by atoms with E-state index in [1.807, 2.05) is 57.3 Å². The van der Waals surface area contributed by atoms with E-state index in [1.54, 1.807) is 23.0 Å². The summed E-state index contributed by atoms with van der Waals surface area (Å²) in [6.45, 7) is 5.01. The Morgan fingerprint density at radius 3 is 2.57 bits per heavy atom. The minimum Gasteiger partial charge on any atom is -0.491 e. The minimum absolute atomic E-state index is 0.125. The third kappa shape index (κ3) is 6.34. The molecule has 0 aliphatic rings. The molecule has 0 saturated carbocycles. The molecule has 0 fully saturated rings. The van der Waals surface area contributed by atoms with Crippen molar-refractivity contribution in [3.63, 3.8) is 0 Å². The fraction of sp³-hybridized carbons (Fsp3) is 0.304. The molecule has 0 atom stereocenters. The van der Waals surface area contributed by atoms with Crippen LogP contribution in [0.4, 0.5) is 10.1 Å². The molecule has 0 bridgehead atoms. The van der Waals surface area contributed by atoms with E-state index in [9.17, 15) is 4.39 Å². The van der Waals surface area contributed by atoms with Crippen molar-refractivity contribution in [1.82, 2.24) is 15.1 Å². The Balaban J connectivity index is 1.67. The summed E-state index contributed by atoms with van der Waals surface area (Å²) in [6, 6.07) is 16.5. The normalized spacial score (nSPS) is 11.6. The Hall–Kier alpha value is -3.35. The van der Waals surface area contributed by atoms with Crippen LogP contribution in [-0.2, 0) is 20.0 Å². The van der Waals surface area contributed by atoms with Crippen LogP contribution in [0.1, 0.15) is 25.1 Å². The quantitative estimate of drug-likeness (QED) is 0.433. The van der Waals surface area contributed by atoms with E-state index in [0.717, 1.165) is 17.1 Å². The molecule has 3 rings (SSSR count). The van der Waals surface area contributed by atoms with Crippen LogP contribution in [-0.4, -0.2) is 28.4 Å². The van der Waals surface area contributed by atoms with E-state index in [4.69, 9.17) is 4.74 Å². The van der Waals surface area contributed by atoms with Gasteiger partial charge in [0.05, 0.1) is 18.3 Å². The van der Waals surface area contributed by atoms with Crippen LogP contribution in [0.2, 0.25) is 0 Å². The van der Waals surface area contributed by atoms with Gasteiger partial charge >= 0.3 is 0 Å². The van der Waals surface area contributed by atoms with Gasteiger partial charge in [0, 0.05) is 25.5 Å². The summed E-state index contributed by atoms with van der Waals surface area (Å²) in [4.78, 5) is 4.66. The lowest BCUT2D eigenvalue weighted by molar-refractivity contribution is 0.242. The van der Waals surface area contributed by atoms with Crippen LogP contribution in [0.5, 0.6) is 5.75 Å². The standard InChI is InChI=1S/C23H28FN5O/c1-17(2)30-21-10-8-19(9-11-21)28-23(26-16-20-13-15-27-29(20)3)25-14-12-18-6-4-5-7-22(18)24/h4-11,13,15,17H,12,14,16H2,1-3H3,(H2,25,26,28). The Bertz CT molecular complexity index is 966. The number of rotatable bonds is 8. The number of aryl methyl sites for hydroxylation is 1. The number of guanidine groups is 1. The molecule has 158 valence electrons. The van der Waals surface area contributed by atoms with E-state index >= 15 is 0 Å². The largest absolute Gasteiger partial charge is 0.491 e. The highest BCUT2D eigenvalue weighted by Crippen LogP contribution is 2.17. The molecule has 1 heterocycles. The lowest BCUT2D eigenvalue weighted by Gasteiger charge is -2.14. The van der Waals surface area contributed by atoms with Gasteiger partial charge in [-0.3, -0.25) is 4.68 Å². The van der Waals surface area contributed by atoms with E-state index in [0.29, 0.717) is 31.0 Å². The first kappa shape index (κ1) is 21.4. The van der Waals surface area contributed by atoms with E-state index < -0.39 is 0 Å². The van der Waals surface area contributed by atoms with Crippen LogP contribution >= 0.6 is 0 Å². The van der Waals surface area contributed by atoms with Crippen molar-refractivity contribution in [2.24, 2.45) is 12.0 Å². The molecule has 1 aromatic heterocycles. The summed E-state index contributed by atoms with van der Waals surface area (Å²) in [5.74, 6) is 1.24. The lowest BCUT2D eigenvalue weighted by Crippen LogP contribution is -2.32. The predicted octanol–water partition coefficient (Wildman–Crippen LogP) is 4.15. The van der Waals surface area contributed by atoms with Crippen molar-refractivity contribution in [1.29, 1.82) is 0 Å². The van der Waals surface area contributed by atoms with Crippen LogP contribution in [0.25, 0.3) is 0 Å². The molecule has 0 aliphatic carbocycles. The first-order valence-electron chi connectivity index (χ1n) is 10.0. The van der Waals surface area contributed by atoms with Gasteiger partial charge in [-0.2, -0.15) is 5.10 Å². The molecule has 0 amide bonds. The molecule has 30 heavy (non-hydrogen) atoms. The van der Waals surface area contributed by atoms with Crippen molar-refractivity contribution in [3.05, 3.63) is 77.9 Å². The van der Waals surface area contributed by atoms with Crippen LogP contribution in [0, 0.1) is 5.82 Å². The fourth-order valence-electron chi connectivity index (χ4n) is 2.90. The second kappa shape index (κ2) is 10.4. The number of nitrogens with zero attached hydrogens (tertiary/aromatic N) is 3. The van der Waals surface area contributed by atoms with Gasteiger partial charge in [-0.25, -0.2) is 9.38 Å². The van der Waals surface area contributed by atoms with Gasteiger partial charge in [-0.15, -0.1) is 0 Å². The summed E-state index contributed by atoms with van der Waals surface area (Å²) < 4.78 is 21.4. The van der Waals surface area contributed by atoms with Crippen molar-refractivity contribution >= 4 is 11.6 Å². The van der Waals surface area contributed by atoms with Gasteiger partial charge in [0.1, 0.15) is 11.6 Å². The Morgan fingerprint density at radius 1 is 1.13 bits per heavy atom. The third-order valence-electron chi connectivity index (χ3n) is 4.46. The molecule has 0 saturated heterocycles. The van der Waals surface area contributed by atoms with Gasteiger partial charge in [0.2, 0.25) is 0 Å². The Labute approximate surface area is 176 Å². The maximum Gasteiger partial charge on any atom is 0.196 e. The van der Waals surface area contributed by atoms with Gasteiger partial charge in [-0.05, 0) is 62.2 Å². The molecule has 7 heteroatoms. The molecular weight excluding hydrogens is 381 g/mol. The van der Waals surface area contributed by atoms with Crippen LogP contribution < -0.4 is 15.4 Å². The number of aromatic nitrogens is 2. The molecule has 0 radical (unpaired) electrons. The van der Waals surface area contributed by atoms with Crippen LogP contribution in [0.15, 0.2) is 65.8 Å². The molecule has 2 N–H and O–H groups in total. The number of aliphatic imine (C=N–C) groups is 1. The first-order chi connectivity index (χ1) is 14.5. The number of halogens is 1. The van der Waals surface area contributed by atoms with E-state index in [1.165, 1.54) is 6.07 Å². The molecule has 6 nitrogen and oxygen atoms in total. The van der Waals surface area contributed by atoms with E-state index in [2.05, 4.69) is 20.7 Å². The number of nitrogens with one attached hydrogen (secondary N) is 2. The monoisotopic (exact) mass is 409 g/mol. The zero-order valence-electron chi connectivity index (χ0n) is 17.6. The number of ether oxygens (including phenoxy) is 1. The SMILES string of the molecule is CC(C)Oc1ccc(NC(=NCc2ccnn2C)NCCc2ccccc2F)cc1. The summed E-state index contributed by atoms with van der Waals surface area (Å²) in [5.41, 5.74) is 2.55. The zero-order valence-corrected chi connectivity index (χ0v) is 17.6. The second-order valence-corrected chi connectivity index (χ2v) is 7.20. The Kier molecular flexibility index (Phi) is 7.43. The average Bonchev–Trinajstić information content (AvgIpc) is 3.13. The molecule has 0 spiro atoms. The third-order valence-corrected chi connectivity index (χ3v) is 4.46. The lowest BCUT2D eigenvalue weighted by atomic mass is 10.1. The highest BCUT2D eigenvalue weighted by Gasteiger charge is 2.05. The molecule has 3 aromatic rings. The summed E-state index contributed by atoms with van der Waals surface area (Å²) in [6.07, 6.45) is 2.43. The number of hydrogen-bond acceptors (Lipinski definition) is 3. The summed E-state index contributed by atoms with van der Waals surface area (Å²) in [7, 11) is 1.89. The highest BCUT2D eigenvalue weighted by molar-refractivity contribution is 5.93. The smallest absolute Gasteiger partial charge is 0.196 e. The summed E-state index contributed by atoms with van der Waals surface area (Å²) >= 11 is 0. The molecular formula is C23H28FN5O. The molecule has 2 aromatic carbocycles.